The lowest BCUT2D eigenvalue weighted by atomic mass is 10.1. The molecule has 6 heteroatoms. The first-order valence-electron chi connectivity index (χ1n) is 10.2. The number of fused-ring (bicyclic) bond motifs is 1. The fourth-order valence-corrected chi connectivity index (χ4v) is 3.25. The molecule has 3 fully saturated rings. The van der Waals surface area contributed by atoms with Crippen LogP contribution in [-0.4, -0.2) is 88.1 Å². The lowest BCUT2D eigenvalue weighted by Gasteiger charge is -2.22. The molecule has 2 atom stereocenters. The second-order valence-electron chi connectivity index (χ2n) is 6.76. The summed E-state index contributed by atoms with van der Waals surface area (Å²) in [6.45, 7) is 13.2. The molecule has 0 radical (unpaired) electrons. The Hall–Kier alpha value is -0.690. The van der Waals surface area contributed by atoms with E-state index in [4.69, 9.17) is 14.2 Å². The van der Waals surface area contributed by atoms with Crippen molar-refractivity contribution in [1.29, 1.82) is 0 Å². The standard InChI is InChI=1S/C9H17NO.C5H9NO2.C4H10O.C2H6/c1-11-7-9-5-4-8-3-2-6-10(8)9;7-5-6-1-3-8-4-2-6;1-4(2)5-3;1-2/h8-9H,2-7H2,1H3;5H,1-4H2;4H,1-3H3;1-2H3. The molecule has 3 rings (SSSR count). The normalized spacial score (nSPS) is 24.5. The Kier molecular flexibility index (Phi) is 16.0. The van der Waals surface area contributed by atoms with Gasteiger partial charge < -0.3 is 19.1 Å². The second-order valence-corrected chi connectivity index (χ2v) is 6.76. The van der Waals surface area contributed by atoms with Crippen LogP contribution < -0.4 is 0 Å². The maximum Gasteiger partial charge on any atom is 0.209 e. The third-order valence-electron chi connectivity index (χ3n) is 4.75. The summed E-state index contributed by atoms with van der Waals surface area (Å²) in [6.07, 6.45) is 6.86. The molecule has 3 aliphatic rings. The van der Waals surface area contributed by atoms with Crippen LogP contribution in [0.1, 0.15) is 53.4 Å². The smallest absolute Gasteiger partial charge is 0.209 e. The van der Waals surface area contributed by atoms with Gasteiger partial charge in [0.15, 0.2) is 0 Å². The largest absolute Gasteiger partial charge is 0.383 e. The fraction of sp³-hybridized carbons (Fsp3) is 0.950. The van der Waals surface area contributed by atoms with Crippen molar-refractivity contribution in [2.45, 2.75) is 71.6 Å². The number of rotatable bonds is 4. The summed E-state index contributed by atoms with van der Waals surface area (Å²) >= 11 is 0. The van der Waals surface area contributed by atoms with Crippen molar-refractivity contribution in [2.75, 3.05) is 53.7 Å². The van der Waals surface area contributed by atoms with E-state index in [1.807, 2.05) is 34.8 Å². The first-order chi connectivity index (χ1) is 12.6. The van der Waals surface area contributed by atoms with E-state index in [1.165, 1.54) is 32.2 Å². The molecule has 0 N–H and O–H groups in total. The molecule has 3 aliphatic heterocycles. The minimum atomic E-state index is 0.384. The van der Waals surface area contributed by atoms with Crippen LogP contribution in [0.2, 0.25) is 0 Å². The van der Waals surface area contributed by atoms with E-state index in [9.17, 15) is 4.79 Å². The zero-order valence-corrected chi connectivity index (χ0v) is 17.9. The Morgan fingerprint density at radius 2 is 1.69 bits per heavy atom. The molecule has 6 nitrogen and oxygen atoms in total. The van der Waals surface area contributed by atoms with Crippen LogP contribution in [-0.2, 0) is 19.0 Å². The van der Waals surface area contributed by atoms with Crippen LogP contribution in [0.5, 0.6) is 0 Å². The Labute approximate surface area is 161 Å². The van der Waals surface area contributed by atoms with Gasteiger partial charge >= 0.3 is 0 Å². The monoisotopic (exact) mass is 374 g/mol. The van der Waals surface area contributed by atoms with Crippen molar-refractivity contribution in [2.24, 2.45) is 0 Å². The maximum absolute atomic E-state index is 10.0. The van der Waals surface area contributed by atoms with Gasteiger partial charge in [-0.2, -0.15) is 0 Å². The van der Waals surface area contributed by atoms with Crippen molar-refractivity contribution in [3.05, 3.63) is 0 Å². The molecule has 26 heavy (non-hydrogen) atoms. The molecule has 3 saturated heterocycles. The average molecular weight is 375 g/mol. The van der Waals surface area contributed by atoms with Gasteiger partial charge in [-0.1, -0.05) is 13.8 Å². The molecular weight excluding hydrogens is 332 g/mol. The van der Waals surface area contributed by atoms with Gasteiger partial charge in [0, 0.05) is 39.4 Å². The first kappa shape index (κ1) is 25.3. The fourth-order valence-electron chi connectivity index (χ4n) is 3.25. The second kappa shape index (κ2) is 16.5. The lowest BCUT2D eigenvalue weighted by molar-refractivity contribution is -0.121. The van der Waals surface area contributed by atoms with E-state index >= 15 is 0 Å². The van der Waals surface area contributed by atoms with Crippen molar-refractivity contribution in [1.82, 2.24) is 9.80 Å². The highest BCUT2D eigenvalue weighted by molar-refractivity contribution is 5.46. The summed E-state index contributed by atoms with van der Waals surface area (Å²) < 4.78 is 14.9. The van der Waals surface area contributed by atoms with Gasteiger partial charge in [-0.3, -0.25) is 9.69 Å². The van der Waals surface area contributed by atoms with E-state index in [1.54, 1.807) is 12.0 Å². The van der Waals surface area contributed by atoms with Gasteiger partial charge in [-0.05, 0) is 46.1 Å². The van der Waals surface area contributed by atoms with Gasteiger partial charge in [-0.15, -0.1) is 0 Å². The van der Waals surface area contributed by atoms with Crippen molar-refractivity contribution in [3.8, 4) is 0 Å². The number of amides is 1. The highest BCUT2D eigenvalue weighted by Gasteiger charge is 2.35. The molecule has 0 bridgehead atoms. The Morgan fingerprint density at radius 1 is 1.08 bits per heavy atom. The molecule has 0 aromatic heterocycles. The lowest BCUT2D eigenvalue weighted by Crippen LogP contribution is -2.34. The van der Waals surface area contributed by atoms with Crippen molar-refractivity contribution >= 4 is 6.41 Å². The van der Waals surface area contributed by atoms with Crippen LogP contribution in [0.15, 0.2) is 0 Å². The van der Waals surface area contributed by atoms with Crippen LogP contribution in [0.25, 0.3) is 0 Å². The number of carbonyl (C=O) groups excluding carboxylic acids is 1. The number of ether oxygens (including phenoxy) is 3. The Balaban J connectivity index is 0.000000369. The van der Waals surface area contributed by atoms with Crippen LogP contribution >= 0.6 is 0 Å². The molecular formula is C20H42N2O4. The number of carbonyl (C=O) groups is 1. The Bertz CT molecular complexity index is 321. The first-order valence-corrected chi connectivity index (χ1v) is 10.2. The summed E-state index contributed by atoms with van der Waals surface area (Å²) in [5, 5.41) is 0. The van der Waals surface area contributed by atoms with Crippen LogP contribution in [0.3, 0.4) is 0 Å². The molecule has 0 spiro atoms. The summed E-state index contributed by atoms with van der Waals surface area (Å²) in [6, 6.07) is 1.66. The van der Waals surface area contributed by atoms with E-state index in [-0.39, 0.29) is 0 Å². The third kappa shape index (κ3) is 10.5. The van der Waals surface area contributed by atoms with Gasteiger partial charge in [0.1, 0.15) is 0 Å². The molecule has 1 amide bonds. The topological polar surface area (TPSA) is 51.2 Å². The summed E-state index contributed by atoms with van der Waals surface area (Å²) in [5.74, 6) is 0. The molecule has 3 heterocycles. The average Bonchev–Trinajstić information content (AvgIpc) is 3.30. The van der Waals surface area contributed by atoms with Gasteiger partial charge in [0.05, 0.1) is 25.9 Å². The SMILES string of the molecule is CC.COC(C)C.COCC1CCC2CCCN21.O=CN1CCOCC1. The van der Waals surface area contributed by atoms with Crippen LogP contribution in [0.4, 0.5) is 0 Å². The molecule has 2 unspecified atom stereocenters. The minimum absolute atomic E-state index is 0.384. The predicted molar refractivity (Wildman–Crippen MR) is 107 cm³/mol. The summed E-state index contributed by atoms with van der Waals surface area (Å²) in [4.78, 5) is 14.4. The molecule has 0 saturated carbocycles. The van der Waals surface area contributed by atoms with Gasteiger partial charge in [0.2, 0.25) is 6.41 Å². The summed E-state index contributed by atoms with van der Waals surface area (Å²) in [7, 11) is 3.51. The number of nitrogens with zero attached hydrogens (tertiary/aromatic N) is 2. The number of morpholine rings is 1. The van der Waals surface area contributed by atoms with Crippen molar-refractivity contribution in [3.63, 3.8) is 0 Å². The number of hydrogen-bond acceptors (Lipinski definition) is 5. The number of hydrogen-bond donors (Lipinski definition) is 0. The zero-order valence-electron chi connectivity index (χ0n) is 17.9. The molecule has 0 aromatic rings. The maximum atomic E-state index is 10.0. The molecule has 0 aliphatic carbocycles. The van der Waals surface area contributed by atoms with E-state index in [0.29, 0.717) is 19.3 Å². The number of methoxy groups -OCH3 is 2. The van der Waals surface area contributed by atoms with Gasteiger partial charge in [-0.25, -0.2) is 0 Å². The molecule has 156 valence electrons. The quantitative estimate of drug-likeness (QED) is 0.708. The third-order valence-corrected chi connectivity index (χ3v) is 4.75. The highest BCUT2D eigenvalue weighted by atomic mass is 16.5. The van der Waals surface area contributed by atoms with Gasteiger partial charge in [0.25, 0.3) is 0 Å². The predicted octanol–water partition coefficient (Wildman–Crippen LogP) is 2.80. The van der Waals surface area contributed by atoms with E-state index < -0.39 is 0 Å². The minimum Gasteiger partial charge on any atom is -0.383 e. The van der Waals surface area contributed by atoms with E-state index in [2.05, 4.69) is 4.90 Å². The zero-order chi connectivity index (χ0) is 19.8. The van der Waals surface area contributed by atoms with Crippen LogP contribution in [0, 0.1) is 0 Å². The molecule has 0 aromatic carbocycles. The summed E-state index contributed by atoms with van der Waals surface area (Å²) in [5.41, 5.74) is 0. The van der Waals surface area contributed by atoms with Crippen molar-refractivity contribution < 1.29 is 19.0 Å². The van der Waals surface area contributed by atoms with E-state index in [0.717, 1.165) is 38.2 Å². The highest BCUT2D eigenvalue weighted by Crippen LogP contribution is 2.32. The Morgan fingerprint density at radius 3 is 2.15 bits per heavy atom.